The summed E-state index contributed by atoms with van der Waals surface area (Å²) in [5, 5.41) is 2.97. The molecule has 1 aliphatic heterocycles. The molecule has 1 heterocycles. The monoisotopic (exact) mass is 430 g/mol. The Balaban J connectivity index is 1.65. The molecule has 32 heavy (non-hydrogen) atoms. The van der Waals surface area contributed by atoms with Crippen LogP contribution in [0.4, 0.5) is 11.4 Å². The fourth-order valence-corrected chi connectivity index (χ4v) is 3.93. The average molecular weight is 431 g/mol. The van der Waals surface area contributed by atoms with E-state index in [4.69, 9.17) is 9.47 Å². The van der Waals surface area contributed by atoms with Crippen LogP contribution < -0.4 is 19.7 Å². The van der Waals surface area contributed by atoms with Crippen LogP contribution in [0, 0.1) is 0 Å². The zero-order valence-electron chi connectivity index (χ0n) is 18.2. The Labute approximate surface area is 187 Å². The van der Waals surface area contributed by atoms with Gasteiger partial charge in [-0.25, -0.2) is 0 Å². The summed E-state index contributed by atoms with van der Waals surface area (Å²) in [6.45, 7) is 4.76. The van der Waals surface area contributed by atoms with Gasteiger partial charge in [0.15, 0.2) is 0 Å². The maximum atomic E-state index is 13.5. The van der Waals surface area contributed by atoms with Crippen LogP contribution in [-0.4, -0.2) is 31.1 Å². The van der Waals surface area contributed by atoms with E-state index in [-0.39, 0.29) is 11.8 Å². The minimum atomic E-state index is -0.676. The second-order valence-electron chi connectivity index (χ2n) is 7.40. The minimum absolute atomic E-state index is 0.205. The molecule has 164 valence electrons. The van der Waals surface area contributed by atoms with Crippen molar-refractivity contribution in [3.63, 3.8) is 0 Å². The normalized spacial score (nSPS) is 14.6. The first-order valence-corrected chi connectivity index (χ1v) is 10.8. The highest BCUT2D eigenvalue weighted by Crippen LogP contribution is 2.35. The van der Waals surface area contributed by atoms with Gasteiger partial charge in [-0.2, -0.15) is 0 Å². The van der Waals surface area contributed by atoms with E-state index in [1.54, 1.807) is 35.2 Å². The van der Waals surface area contributed by atoms with Crippen molar-refractivity contribution in [2.75, 3.05) is 23.4 Å². The van der Waals surface area contributed by atoms with Crippen LogP contribution in [0.3, 0.4) is 0 Å². The zero-order valence-corrected chi connectivity index (χ0v) is 18.2. The second-order valence-corrected chi connectivity index (χ2v) is 7.40. The molecule has 1 unspecified atom stereocenters. The van der Waals surface area contributed by atoms with Crippen LogP contribution in [0.5, 0.6) is 11.5 Å². The third kappa shape index (κ3) is 4.30. The van der Waals surface area contributed by atoms with E-state index < -0.39 is 6.04 Å². The van der Waals surface area contributed by atoms with Gasteiger partial charge in [-0.05, 0) is 49.7 Å². The van der Waals surface area contributed by atoms with Gasteiger partial charge in [0.25, 0.3) is 5.91 Å². The molecule has 0 aliphatic carbocycles. The number of nitrogens with zero attached hydrogens (tertiary/aromatic N) is 1. The first-order chi connectivity index (χ1) is 15.6. The molecule has 1 aliphatic rings. The van der Waals surface area contributed by atoms with Gasteiger partial charge in [0.05, 0.1) is 18.9 Å². The molecule has 2 amide bonds. The van der Waals surface area contributed by atoms with Gasteiger partial charge in [-0.1, -0.05) is 36.4 Å². The number of benzene rings is 3. The number of nitrogens with one attached hydrogen (secondary N) is 1. The zero-order chi connectivity index (χ0) is 22.5. The van der Waals surface area contributed by atoms with Gasteiger partial charge in [0.1, 0.15) is 17.5 Å². The number of fused-ring (bicyclic) bond motifs is 1. The topological polar surface area (TPSA) is 67.9 Å². The Morgan fingerprint density at radius 3 is 2.41 bits per heavy atom. The number of anilines is 2. The Kier molecular flexibility index (Phi) is 6.40. The SMILES string of the molecule is CCOc1ccc(OCC)c(NC(=O)C2Cc3ccccc3N2C(=O)c2ccccc2)c1. The van der Waals surface area contributed by atoms with E-state index >= 15 is 0 Å². The van der Waals surface area contributed by atoms with Crippen molar-refractivity contribution >= 4 is 23.2 Å². The Morgan fingerprint density at radius 2 is 1.66 bits per heavy atom. The summed E-state index contributed by atoms with van der Waals surface area (Å²) in [6.07, 6.45) is 0.440. The van der Waals surface area contributed by atoms with Crippen molar-refractivity contribution in [3.8, 4) is 11.5 Å². The molecule has 0 radical (unpaired) electrons. The average Bonchev–Trinajstić information content (AvgIpc) is 3.21. The molecular formula is C26H26N2O4. The summed E-state index contributed by atoms with van der Waals surface area (Å²) in [5.74, 6) is 0.711. The molecule has 0 bridgehead atoms. The highest BCUT2D eigenvalue weighted by atomic mass is 16.5. The fraction of sp³-hybridized carbons (Fsp3) is 0.231. The van der Waals surface area contributed by atoms with Crippen LogP contribution in [0.1, 0.15) is 29.8 Å². The molecule has 6 heteroatoms. The van der Waals surface area contributed by atoms with Crippen molar-refractivity contribution in [1.29, 1.82) is 0 Å². The third-order valence-electron chi connectivity index (χ3n) is 5.34. The molecule has 0 saturated heterocycles. The molecule has 0 aromatic heterocycles. The van der Waals surface area contributed by atoms with Gasteiger partial charge in [-0.3, -0.25) is 14.5 Å². The lowest BCUT2D eigenvalue weighted by Crippen LogP contribution is -2.45. The standard InChI is InChI=1S/C26H26N2O4/c1-3-31-20-14-15-24(32-4-2)21(17-20)27-25(29)23-16-19-12-8-9-13-22(19)28(23)26(30)18-10-6-5-7-11-18/h5-15,17,23H,3-4,16H2,1-2H3,(H,27,29). The van der Waals surface area contributed by atoms with E-state index in [1.165, 1.54) is 0 Å². The third-order valence-corrected chi connectivity index (χ3v) is 5.34. The van der Waals surface area contributed by atoms with Crippen molar-refractivity contribution in [1.82, 2.24) is 0 Å². The van der Waals surface area contributed by atoms with Crippen molar-refractivity contribution < 1.29 is 19.1 Å². The highest BCUT2D eigenvalue weighted by Gasteiger charge is 2.38. The van der Waals surface area contributed by atoms with Gasteiger partial charge >= 0.3 is 0 Å². The number of ether oxygens (including phenoxy) is 2. The smallest absolute Gasteiger partial charge is 0.259 e. The second kappa shape index (κ2) is 9.56. The summed E-state index contributed by atoms with van der Waals surface area (Å²) >= 11 is 0. The van der Waals surface area contributed by atoms with E-state index in [0.29, 0.717) is 42.4 Å². The highest BCUT2D eigenvalue weighted by molar-refractivity contribution is 6.13. The van der Waals surface area contributed by atoms with Crippen molar-refractivity contribution in [2.24, 2.45) is 0 Å². The van der Waals surface area contributed by atoms with Crippen LogP contribution in [0.2, 0.25) is 0 Å². The van der Waals surface area contributed by atoms with Crippen LogP contribution >= 0.6 is 0 Å². The predicted octanol–water partition coefficient (Wildman–Crippen LogP) is 4.69. The molecule has 0 saturated carbocycles. The number of hydrogen-bond acceptors (Lipinski definition) is 4. The summed E-state index contributed by atoms with van der Waals surface area (Å²) in [5.41, 5.74) is 2.78. The maximum absolute atomic E-state index is 13.5. The number of carbonyl (C=O) groups is 2. The van der Waals surface area contributed by atoms with Crippen molar-refractivity contribution in [3.05, 3.63) is 83.9 Å². The first kappa shape index (κ1) is 21.4. The largest absolute Gasteiger partial charge is 0.494 e. The van der Waals surface area contributed by atoms with Gasteiger partial charge in [0.2, 0.25) is 5.91 Å². The van der Waals surface area contributed by atoms with E-state index in [9.17, 15) is 9.59 Å². The number of para-hydroxylation sites is 1. The molecule has 1 N–H and O–H groups in total. The molecule has 0 fully saturated rings. The summed E-state index contributed by atoms with van der Waals surface area (Å²) < 4.78 is 11.3. The number of amides is 2. The molecule has 4 rings (SSSR count). The molecule has 0 spiro atoms. The summed E-state index contributed by atoms with van der Waals surface area (Å²) in [6, 6.07) is 21.3. The van der Waals surface area contributed by atoms with Crippen LogP contribution in [-0.2, 0) is 11.2 Å². The number of hydrogen-bond donors (Lipinski definition) is 1. The van der Waals surface area contributed by atoms with Gasteiger partial charge in [0, 0.05) is 23.7 Å². The van der Waals surface area contributed by atoms with Crippen LogP contribution in [0.25, 0.3) is 0 Å². The lowest BCUT2D eigenvalue weighted by atomic mass is 10.1. The van der Waals surface area contributed by atoms with E-state index in [0.717, 1.165) is 11.3 Å². The van der Waals surface area contributed by atoms with Gasteiger partial charge in [-0.15, -0.1) is 0 Å². The summed E-state index contributed by atoms with van der Waals surface area (Å²) in [4.78, 5) is 28.4. The van der Waals surface area contributed by atoms with E-state index in [1.807, 2.05) is 56.3 Å². The summed E-state index contributed by atoms with van der Waals surface area (Å²) in [7, 11) is 0. The maximum Gasteiger partial charge on any atom is 0.259 e. The molecule has 1 atom stereocenters. The Hall–Kier alpha value is -3.80. The first-order valence-electron chi connectivity index (χ1n) is 10.8. The Bertz CT molecular complexity index is 1110. The minimum Gasteiger partial charge on any atom is -0.494 e. The predicted molar refractivity (Wildman–Crippen MR) is 125 cm³/mol. The molecule has 3 aromatic carbocycles. The van der Waals surface area contributed by atoms with Crippen molar-refractivity contribution in [2.45, 2.75) is 26.3 Å². The number of rotatable bonds is 7. The Morgan fingerprint density at radius 1 is 0.938 bits per heavy atom. The van der Waals surface area contributed by atoms with E-state index in [2.05, 4.69) is 5.32 Å². The van der Waals surface area contributed by atoms with Gasteiger partial charge < -0.3 is 14.8 Å². The number of carbonyl (C=O) groups excluding carboxylic acids is 2. The lowest BCUT2D eigenvalue weighted by molar-refractivity contribution is -0.117. The van der Waals surface area contributed by atoms with Crippen LogP contribution in [0.15, 0.2) is 72.8 Å². The molecular weight excluding hydrogens is 404 g/mol. The molecule has 6 nitrogen and oxygen atoms in total. The fourth-order valence-electron chi connectivity index (χ4n) is 3.93. The lowest BCUT2D eigenvalue weighted by Gasteiger charge is -2.25. The quantitative estimate of drug-likeness (QED) is 0.590. The molecule has 3 aromatic rings.